The lowest BCUT2D eigenvalue weighted by Gasteiger charge is -2.20. The summed E-state index contributed by atoms with van der Waals surface area (Å²) >= 11 is 0. The summed E-state index contributed by atoms with van der Waals surface area (Å²) in [6, 6.07) is 0. The molecule has 0 aromatic carbocycles. The summed E-state index contributed by atoms with van der Waals surface area (Å²) in [4.78, 5) is 0. The molecule has 0 aromatic heterocycles. The van der Waals surface area contributed by atoms with Crippen molar-refractivity contribution in [3.8, 4) is 0 Å². The molecule has 1 rings (SSSR count). The third-order valence-corrected chi connectivity index (χ3v) is 4.16. The van der Waals surface area contributed by atoms with Crippen molar-refractivity contribution in [2.24, 2.45) is 0 Å². The molecule has 0 saturated carbocycles. The van der Waals surface area contributed by atoms with Crippen molar-refractivity contribution < 1.29 is 25.8 Å². The molecule has 0 saturated heterocycles. The Bertz CT molecular complexity index is 565. The molecule has 120 valence electrons. The topological polar surface area (TPSA) is 43.4 Å². The minimum absolute atomic E-state index is 0.134. The van der Waals surface area contributed by atoms with E-state index in [0.29, 0.717) is 24.0 Å². The van der Waals surface area contributed by atoms with Crippen molar-refractivity contribution in [1.82, 2.24) is 0 Å². The van der Waals surface area contributed by atoms with Gasteiger partial charge < -0.3 is 4.18 Å². The number of alkyl halides is 3. The van der Waals surface area contributed by atoms with Crippen LogP contribution in [-0.2, 0) is 14.3 Å². The third kappa shape index (κ3) is 4.93. The van der Waals surface area contributed by atoms with E-state index in [9.17, 15) is 21.6 Å². The Kier molecular flexibility index (Phi) is 6.10. The second kappa shape index (κ2) is 7.18. The van der Waals surface area contributed by atoms with Gasteiger partial charge >= 0.3 is 15.6 Å². The first-order valence-corrected chi connectivity index (χ1v) is 8.24. The second-order valence-electron chi connectivity index (χ2n) is 4.85. The summed E-state index contributed by atoms with van der Waals surface area (Å²) in [5, 5.41) is 0. The molecule has 1 aliphatic carbocycles. The molecule has 0 N–H and O–H groups in total. The fourth-order valence-electron chi connectivity index (χ4n) is 1.93. The van der Waals surface area contributed by atoms with Crippen LogP contribution in [0.25, 0.3) is 0 Å². The van der Waals surface area contributed by atoms with Gasteiger partial charge in [-0.05, 0) is 49.8 Å². The largest absolute Gasteiger partial charge is 0.534 e. The van der Waals surface area contributed by atoms with E-state index in [1.807, 2.05) is 6.08 Å². The van der Waals surface area contributed by atoms with E-state index in [4.69, 9.17) is 0 Å². The molecule has 7 heteroatoms. The van der Waals surface area contributed by atoms with Crippen LogP contribution in [0.3, 0.4) is 0 Å². The molecule has 0 spiro atoms. The van der Waals surface area contributed by atoms with Gasteiger partial charge in [0.2, 0.25) is 0 Å². The van der Waals surface area contributed by atoms with Crippen molar-refractivity contribution in [1.29, 1.82) is 0 Å². The summed E-state index contributed by atoms with van der Waals surface area (Å²) in [7, 11) is -5.59. The number of unbranched alkanes of at least 4 members (excludes halogenated alkanes) is 2. The zero-order valence-corrected chi connectivity index (χ0v) is 12.9. The minimum Gasteiger partial charge on any atom is -0.380 e. The number of hydrogen-bond donors (Lipinski definition) is 0. The Hall–Kier alpha value is -1.20. The van der Waals surface area contributed by atoms with Crippen molar-refractivity contribution in [3.63, 3.8) is 0 Å². The Labute approximate surface area is 123 Å². The summed E-state index contributed by atoms with van der Waals surface area (Å²) in [6.07, 6.45) is 6.11. The van der Waals surface area contributed by atoms with Gasteiger partial charge in [-0.3, -0.25) is 0 Å². The van der Waals surface area contributed by atoms with Gasteiger partial charge in [0, 0.05) is 6.42 Å². The highest BCUT2D eigenvalue weighted by Crippen LogP contribution is 2.34. The molecule has 0 aliphatic heterocycles. The van der Waals surface area contributed by atoms with Crippen LogP contribution in [0, 0.1) is 0 Å². The predicted octanol–water partition coefficient (Wildman–Crippen LogP) is 4.58. The second-order valence-corrected chi connectivity index (χ2v) is 6.39. The van der Waals surface area contributed by atoms with Crippen LogP contribution < -0.4 is 0 Å². The third-order valence-electron chi connectivity index (χ3n) is 3.17. The van der Waals surface area contributed by atoms with Gasteiger partial charge in [0.15, 0.2) is 0 Å². The van der Waals surface area contributed by atoms with Crippen LogP contribution in [0.1, 0.15) is 52.4 Å². The van der Waals surface area contributed by atoms with Gasteiger partial charge in [0.05, 0.1) is 0 Å². The van der Waals surface area contributed by atoms with Crippen LogP contribution in [0.5, 0.6) is 0 Å². The molecular weight excluding hydrogens is 305 g/mol. The maximum absolute atomic E-state index is 12.3. The molecule has 0 unspecified atom stereocenters. The van der Waals surface area contributed by atoms with Crippen molar-refractivity contribution in [2.75, 3.05) is 0 Å². The lowest BCUT2D eigenvalue weighted by molar-refractivity contribution is -0.0524. The van der Waals surface area contributed by atoms with Crippen molar-refractivity contribution in [2.45, 2.75) is 57.9 Å². The van der Waals surface area contributed by atoms with Gasteiger partial charge in [0.1, 0.15) is 5.76 Å². The molecule has 0 heterocycles. The summed E-state index contributed by atoms with van der Waals surface area (Å²) < 4.78 is 63.4. The fraction of sp³-hybridized carbons (Fsp3) is 0.643. The van der Waals surface area contributed by atoms with Crippen LogP contribution in [-0.4, -0.2) is 13.9 Å². The van der Waals surface area contributed by atoms with Crippen molar-refractivity contribution in [3.05, 3.63) is 28.7 Å². The van der Waals surface area contributed by atoms with E-state index in [1.165, 1.54) is 0 Å². The average Bonchev–Trinajstić information content (AvgIpc) is 2.37. The van der Waals surface area contributed by atoms with Crippen LogP contribution in [0.2, 0.25) is 0 Å². The van der Waals surface area contributed by atoms with E-state index in [1.54, 1.807) is 6.92 Å². The Morgan fingerprint density at radius 1 is 1.33 bits per heavy atom. The lowest BCUT2D eigenvalue weighted by Crippen LogP contribution is -2.26. The van der Waals surface area contributed by atoms with Gasteiger partial charge in [-0.1, -0.05) is 13.3 Å². The van der Waals surface area contributed by atoms with E-state index in [0.717, 1.165) is 19.3 Å². The number of allylic oxidation sites excluding steroid dienone is 3. The maximum atomic E-state index is 12.3. The molecule has 0 radical (unpaired) electrons. The molecule has 0 bridgehead atoms. The normalized spacial score (nSPS) is 16.7. The highest BCUT2D eigenvalue weighted by atomic mass is 32.2. The lowest BCUT2D eigenvalue weighted by atomic mass is 9.94. The first kappa shape index (κ1) is 17.9. The Morgan fingerprint density at radius 3 is 2.57 bits per heavy atom. The minimum atomic E-state index is -5.59. The van der Waals surface area contributed by atoms with Crippen LogP contribution in [0.15, 0.2) is 28.7 Å². The van der Waals surface area contributed by atoms with Crippen molar-refractivity contribution >= 4 is 10.1 Å². The van der Waals surface area contributed by atoms with Crippen LogP contribution in [0.4, 0.5) is 13.2 Å². The van der Waals surface area contributed by atoms with E-state index < -0.39 is 15.6 Å². The quantitative estimate of drug-likeness (QED) is 0.322. The zero-order chi connectivity index (χ0) is 16.1. The number of halogens is 3. The summed E-state index contributed by atoms with van der Waals surface area (Å²) in [6.45, 7) is 3.62. The smallest absolute Gasteiger partial charge is 0.380 e. The van der Waals surface area contributed by atoms with Crippen LogP contribution >= 0.6 is 0 Å². The first-order valence-electron chi connectivity index (χ1n) is 6.84. The number of hydrogen-bond acceptors (Lipinski definition) is 3. The number of rotatable bonds is 5. The first-order chi connectivity index (χ1) is 9.69. The Morgan fingerprint density at radius 2 is 2.00 bits per heavy atom. The monoisotopic (exact) mass is 324 g/mol. The molecule has 3 nitrogen and oxygen atoms in total. The maximum Gasteiger partial charge on any atom is 0.534 e. The van der Waals surface area contributed by atoms with Gasteiger partial charge in [-0.2, -0.15) is 21.6 Å². The summed E-state index contributed by atoms with van der Waals surface area (Å²) in [5.41, 5.74) is -1.22. The van der Waals surface area contributed by atoms with E-state index in [2.05, 4.69) is 16.8 Å². The predicted molar refractivity (Wildman–Crippen MR) is 73.7 cm³/mol. The summed E-state index contributed by atoms with van der Waals surface area (Å²) in [5.74, 6) is -0.134. The highest BCUT2D eigenvalue weighted by molar-refractivity contribution is 7.87. The van der Waals surface area contributed by atoms with E-state index in [-0.39, 0.29) is 12.2 Å². The molecule has 21 heavy (non-hydrogen) atoms. The molecule has 0 amide bonds. The molecule has 0 fully saturated rings. The zero-order valence-electron chi connectivity index (χ0n) is 12.1. The highest BCUT2D eigenvalue weighted by Gasteiger charge is 2.49. The molecular formula is C14H19F3O3S. The average molecular weight is 324 g/mol. The Balaban J connectivity index is 2.99. The fourth-order valence-corrected chi connectivity index (χ4v) is 2.50. The molecule has 0 aromatic rings. The molecule has 0 atom stereocenters. The standard InChI is InChI=1S/C14H19F3O3S/c1-3-4-5-6-8-12-9-7-10-13(11(12)2)20-21(18,19)14(15,16)17/h6H,3-5,7,9-10H2,1-2H3. The van der Waals surface area contributed by atoms with E-state index >= 15 is 0 Å². The molecule has 1 aliphatic rings. The van der Waals surface area contributed by atoms with Gasteiger partial charge in [-0.25, -0.2) is 0 Å². The van der Waals surface area contributed by atoms with Gasteiger partial charge in [-0.15, -0.1) is 5.73 Å². The van der Waals surface area contributed by atoms with Gasteiger partial charge in [0.25, 0.3) is 0 Å². The SMILES string of the molecule is CCCCC=C=C1CCCC(OS(=O)(=O)C(F)(F)F)=C1C.